The van der Waals surface area contributed by atoms with Crippen LogP contribution in [-0.4, -0.2) is 34.7 Å². The van der Waals surface area contributed by atoms with Crippen LogP contribution in [0.1, 0.15) is 18.9 Å². The van der Waals surface area contributed by atoms with E-state index in [1.54, 1.807) is 0 Å². The molecule has 6 nitrogen and oxygen atoms in total. The Kier molecular flexibility index (Phi) is 6.63. The van der Waals surface area contributed by atoms with Crippen LogP contribution in [0.25, 0.3) is 0 Å². The minimum atomic E-state index is -3.67. The Hall–Kier alpha value is -1.33. The quantitative estimate of drug-likeness (QED) is 0.857. The minimum Gasteiger partial charge on any atom is -0.495 e. The van der Waals surface area contributed by atoms with Crippen LogP contribution in [0.4, 0.5) is 0 Å². The van der Waals surface area contributed by atoms with E-state index in [1.165, 1.54) is 25.3 Å². The summed E-state index contributed by atoms with van der Waals surface area (Å²) in [5, 5.41) is 12.1. The van der Waals surface area contributed by atoms with Gasteiger partial charge in [0.2, 0.25) is 10.0 Å². The van der Waals surface area contributed by atoms with Gasteiger partial charge in [-0.2, -0.15) is 5.26 Å². The molecule has 0 amide bonds. The monoisotopic (exact) mass is 345 g/mol. The number of rotatable bonds is 4. The Bertz CT molecular complexity index is 658. The summed E-state index contributed by atoms with van der Waals surface area (Å²) < 4.78 is 32.9. The molecule has 2 atom stereocenters. The van der Waals surface area contributed by atoms with E-state index in [0.29, 0.717) is 5.56 Å². The predicted octanol–water partition coefficient (Wildman–Crippen LogP) is 1.26. The Morgan fingerprint density at radius 3 is 2.77 bits per heavy atom. The van der Waals surface area contributed by atoms with E-state index in [0.717, 1.165) is 19.5 Å². The van der Waals surface area contributed by atoms with Crippen molar-refractivity contribution in [2.45, 2.75) is 24.3 Å². The van der Waals surface area contributed by atoms with Crippen molar-refractivity contribution < 1.29 is 13.2 Å². The SMILES string of the molecule is COc1cc(C#N)ccc1S(=O)(=O)NC1CCNCC1C.Cl. The van der Waals surface area contributed by atoms with E-state index in [9.17, 15) is 8.42 Å². The van der Waals surface area contributed by atoms with E-state index >= 15 is 0 Å². The van der Waals surface area contributed by atoms with Gasteiger partial charge in [-0.05, 0) is 43.6 Å². The van der Waals surface area contributed by atoms with Crippen molar-refractivity contribution in [3.63, 3.8) is 0 Å². The molecule has 2 unspecified atom stereocenters. The van der Waals surface area contributed by atoms with Gasteiger partial charge in [-0.25, -0.2) is 13.1 Å². The number of halogens is 1. The summed E-state index contributed by atoms with van der Waals surface area (Å²) in [4.78, 5) is 0.0646. The highest BCUT2D eigenvalue weighted by molar-refractivity contribution is 7.89. The zero-order valence-electron chi connectivity index (χ0n) is 12.5. The molecular formula is C14H20ClN3O3S. The molecule has 0 bridgehead atoms. The van der Waals surface area contributed by atoms with E-state index in [1.807, 2.05) is 13.0 Å². The summed E-state index contributed by atoms with van der Waals surface area (Å²) >= 11 is 0. The van der Waals surface area contributed by atoms with Gasteiger partial charge in [-0.1, -0.05) is 6.92 Å². The molecule has 8 heteroatoms. The molecule has 0 aromatic heterocycles. The number of benzene rings is 1. The molecule has 2 rings (SSSR count). The van der Waals surface area contributed by atoms with Crippen molar-refractivity contribution in [3.05, 3.63) is 23.8 Å². The van der Waals surface area contributed by atoms with E-state index in [-0.39, 0.29) is 35.0 Å². The number of methoxy groups -OCH3 is 1. The van der Waals surface area contributed by atoms with Crippen LogP contribution in [0.3, 0.4) is 0 Å². The number of sulfonamides is 1. The second kappa shape index (κ2) is 7.79. The first-order valence-corrected chi connectivity index (χ1v) is 8.27. The molecule has 1 aliphatic rings. The van der Waals surface area contributed by atoms with Crippen molar-refractivity contribution in [1.29, 1.82) is 5.26 Å². The van der Waals surface area contributed by atoms with Gasteiger partial charge in [-0.3, -0.25) is 0 Å². The maximum absolute atomic E-state index is 12.5. The highest BCUT2D eigenvalue weighted by Crippen LogP contribution is 2.26. The van der Waals surface area contributed by atoms with Crippen LogP contribution in [-0.2, 0) is 10.0 Å². The average Bonchev–Trinajstić information content (AvgIpc) is 2.48. The molecule has 0 spiro atoms. The van der Waals surface area contributed by atoms with Gasteiger partial charge >= 0.3 is 0 Å². The molecule has 0 aliphatic carbocycles. The summed E-state index contributed by atoms with van der Waals surface area (Å²) in [7, 11) is -2.28. The van der Waals surface area contributed by atoms with Crippen LogP contribution in [0, 0.1) is 17.2 Å². The van der Waals surface area contributed by atoms with E-state index < -0.39 is 10.0 Å². The Balaban J connectivity index is 0.00000242. The molecule has 1 heterocycles. The highest BCUT2D eigenvalue weighted by atomic mass is 35.5. The predicted molar refractivity (Wildman–Crippen MR) is 85.7 cm³/mol. The first-order chi connectivity index (χ1) is 9.97. The van der Waals surface area contributed by atoms with Gasteiger partial charge in [-0.15, -0.1) is 12.4 Å². The molecule has 22 heavy (non-hydrogen) atoms. The van der Waals surface area contributed by atoms with Crippen LogP contribution >= 0.6 is 12.4 Å². The normalized spacial score (nSPS) is 21.5. The lowest BCUT2D eigenvalue weighted by Gasteiger charge is -2.30. The summed E-state index contributed by atoms with van der Waals surface area (Å²) in [6, 6.07) is 6.18. The molecule has 2 N–H and O–H groups in total. The Morgan fingerprint density at radius 1 is 1.45 bits per heavy atom. The molecule has 1 fully saturated rings. The van der Waals surface area contributed by atoms with Crippen molar-refractivity contribution in [2.75, 3.05) is 20.2 Å². The van der Waals surface area contributed by atoms with Crippen LogP contribution in [0.5, 0.6) is 5.75 Å². The van der Waals surface area contributed by atoms with E-state index in [2.05, 4.69) is 10.0 Å². The number of nitriles is 1. The fourth-order valence-electron chi connectivity index (χ4n) is 2.41. The van der Waals surface area contributed by atoms with Crippen LogP contribution < -0.4 is 14.8 Å². The highest BCUT2D eigenvalue weighted by Gasteiger charge is 2.28. The minimum absolute atomic E-state index is 0. The zero-order chi connectivity index (χ0) is 15.5. The lowest BCUT2D eigenvalue weighted by molar-refractivity contribution is 0.327. The Labute approximate surface area is 137 Å². The topological polar surface area (TPSA) is 91.2 Å². The number of hydrogen-bond acceptors (Lipinski definition) is 5. The summed E-state index contributed by atoms with van der Waals surface area (Å²) in [6.45, 7) is 3.59. The summed E-state index contributed by atoms with van der Waals surface area (Å²) in [5.41, 5.74) is 0.362. The largest absolute Gasteiger partial charge is 0.495 e. The van der Waals surface area contributed by atoms with Gasteiger partial charge in [0.15, 0.2) is 0 Å². The maximum Gasteiger partial charge on any atom is 0.244 e. The molecule has 1 aromatic rings. The maximum atomic E-state index is 12.5. The smallest absolute Gasteiger partial charge is 0.244 e. The van der Waals surface area contributed by atoms with Gasteiger partial charge in [0.05, 0.1) is 18.7 Å². The number of nitrogens with one attached hydrogen (secondary N) is 2. The lowest BCUT2D eigenvalue weighted by Crippen LogP contribution is -2.48. The fraction of sp³-hybridized carbons (Fsp3) is 0.500. The molecular weight excluding hydrogens is 326 g/mol. The molecule has 1 aromatic carbocycles. The molecule has 1 aliphatic heterocycles. The average molecular weight is 346 g/mol. The third kappa shape index (κ3) is 4.11. The Morgan fingerprint density at radius 2 is 2.18 bits per heavy atom. The van der Waals surface area contributed by atoms with Gasteiger partial charge in [0.1, 0.15) is 10.6 Å². The zero-order valence-corrected chi connectivity index (χ0v) is 14.1. The summed E-state index contributed by atoms with van der Waals surface area (Å²) in [6.07, 6.45) is 0.749. The van der Waals surface area contributed by atoms with Crippen LogP contribution in [0.15, 0.2) is 23.1 Å². The standard InChI is InChI=1S/C14H19N3O3S.ClH/c1-10-9-16-6-5-12(10)17-21(18,19)14-4-3-11(8-15)7-13(14)20-2;/h3-4,7,10,12,16-17H,5-6,9H2,1-2H3;1H. The molecule has 0 radical (unpaired) electrons. The number of piperidine rings is 1. The second-order valence-electron chi connectivity index (χ2n) is 5.18. The number of ether oxygens (including phenoxy) is 1. The first-order valence-electron chi connectivity index (χ1n) is 6.79. The number of nitrogens with zero attached hydrogens (tertiary/aromatic N) is 1. The van der Waals surface area contributed by atoms with Gasteiger partial charge in [0.25, 0.3) is 0 Å². The van der Waals surface area contributed by atoms with Crippen molar-refractivity contribution >= 4 is 22.4 Å². The second-order valence-corrected chi connectivity index (χ2v) is 6.86. The van der Waals surface area contributed by atoms with E-state index in [4.69, 9.17) is 10.00 Å². The van der Waals surface area contributed by atoms with Crippen molar-refractivity contribution in [1.82, 2.24) is 10.0 Å². The fourth-order valence-corrected chi connectivity index (χ4v) is 3.94. The van der Waals surface area contributed by atoms with Gasteiger partial charge in [0, 0.05) is 6.04 Å². The van der Waals surface area contributed by atoms with Crippen molar-refractivity contribution in [2.24, 2.45) is 5.92 Å². The van der Waals surface area contributed by atoms with Gasteiger partial charge < -0.3 is 10.1 Å². The third-order valence-electron chi connectivity index (χ3n) is 3.67. The first kappa shape index (κ1) is 18.7. The summed E-state index contributed by atoms with van der Waals surface area (Å²) in [5.74, 6) is 0.404. The molecule has 122 valence electrons. The number of hydrogen-bond donors (Lipinski definition) is 2. The van der Waals surface area contributed by atoms with Crippen LogP contribution in [0.2, 0.25) is 0 Å². The third-order valence-corrected chi connectivity index (χ3v) is 5.20. The molecule has 0 saturated carbocycles. The van der Waals surface area contributed by atoms with Crippen molar-refractivity contribution in [3.8, 4) is 11.8 Å². The lowest BCUT2D eigenvalue weighted by atomic mass is 9.97. The molecule has 1 saturated heterocycles.